The lowest BCUT2D eigenvalue weighted by Crippen LogP contribution is -2.54. The molecule has 0 aromatic heterocycles. The lowest BCUT2D eigenvalue weighted by molar-refractivity contribution is -0.143. The van der Waals surface area contributed by atoms with E-state index in [0.29, 0.717) is 5.91 Å². The summed E-state index contributed by atoms with van der Waals surface area (Å²) in [4.78, 5) is 17.1. The summed E-state index contributed by atoms with van der Waals surface area (Å²) < 4.78 is 0. The highest BCUT2D eigenvalue weighted by molar-refractivity contribution is 5.83. The molecule has 2 fully saturated rings. The van der Waals surface area contributed by atoms with Crippen LogP contribution < -0.4 is 5.32 Å². The molecule has 1 amide bonds. The zero-order chi connectivity index (χ0) is 13.7. The van der Waals surface area contributed by atoms with Gasteiger partial charge < -0.3 is 15.3 Å². The molecule has 0 radical (unpaired) electrons. The second-order valence-corrected chi connectivity index (χ2v) is 5.81. The average Bonchev–Trinajstić information content (AvgIpc) is 2.89. The lowest BCUT2D eigenvalue weighted by atomic mass is 9.81. The summed E-state index contributed by atoms with van der Waals surface area (Å²) in [5, 5.41) is 12.3. The minimum absolute atomic E-state index is 0.145. The van der Waals surface area contributed by atoms with Crippen molar-refractivity contribution in [3.05, 3.63) is 0 Å². The van der Waals surface area contributed by atoms with Crippen LogP contribution in [0.5, 0.6) is 0 Å². The largest absolute Gasteiger partial charge is 0.395 e. The molecular formula is C14H27N3O2. The van der Waals surface area contributed by atoms with E-state index in [1.165, 1.54) is 0 Å². The van der Waals surface area contributed by atoms with E-state index in [9.17, 15) is 4.79 Å². The van der Waals surface area contributed by atoms with E-state index in [2.05, 4.69) is 17.1 Å². The second-order valence-electron chi connectivity index (χ2n) is 5.81. The van der Waals surface area contributed by atoms with Crippen LogP contribution in [0.3, 0.4) is 0 Å². The Morgan fingerprint density at radius 3 is 2.58 bits per heavy atom. The third-order valence-electron chi connectivity index (χ3n) is 4.50. The highest BCUT2D eigenvalue weighted by Gasteiger charge is 2.43. The van der Waals surface area contributed by atoms with Crippen LogP contribution in [0.15, 0.2) is 0 Å². The molecule has 0 aromatic carbocycles. The molecule has 5 nitrogen and oxygen atoms in total. The van der Waals surface area contributed by atoms with E-state index in [0.717, 1.165) is 65.1 Å². The van der Waals surface area contributed by atoms with Crippen molar-refractivity contribution in [3.8, 4) is 0 Å². The van der Waals surface area contributed by atoms with Crippen LogP contribution >= 0.6 is 0 Å². The van der Waals surface area contributed by atoms with Crippen LogP contribution in [0.25, 0.3) is 0 Å². The average molecular weight is 269 g/mol. The third-order valence-corrected chi connectivity index (χ3v) is 4.50. The fourth-order valence-electron chi connectivity index (χ4n) is 3.38. The Morgan fingerprint density at radius 1 is 1.32 bits per heavy atom. The summed E-state index contributed by atoms with van der Waals surface area (Å²) in [6, 6.07) is 0. The summed E-state index contributed by atoms with van der Waals surface area (Å²) in [7, 11) is 0. The van der Waals surface area contributed by atoms with Crippen LogP contribution in [0.1, 0.15) is 26.2 Å². The molecule has 0 bridgehead atoms. The number of hydrogen-bond acceptors (Lipinski definition) is 4. The number of carbonyl (C=O) groups excluding carboxylic acids is 1. The van der Waals surface area contributed by atoms with Crippen molar-refractivity contribution in [1.29, 1.82) is 0 Å². The molecule has 2 saturated heterocycles. The van der Waals surface area contributed by atoms with Gasteiger partial charge >= 0.3 is 0 Å². The van der Waals surface area contributed by atoms with E-state index >= 15 is 0 Å². The zero-order valence-electron chi connectivity index (χ0n) is 12.0. The quantitative estimate of drug-likeness (QED) is 0.732. The monoisotopic (exact) mass is 269 g/mol. The minimum atomic E-state index is -0.145. The summed E-state index contributed by atoms with van der Waals surface area (Å²) in [6.45, 7) is 8.30. The fourth-order valence-corrected chi connectivity index (χ4v) is 3.38. The van der Waals surface area contributed by atoms with Crippen molar-refractivity contribution in [1.82, 2.24) is 15.1 Å². The molecule has 0 spiro atoms. The molecule has 0 aliphatic carbocycles. The standard InChI is InChI=1S/C14H27N3O2/c1-2-3-14(4-5-15-12-14)13(19)17-8-6-16(7-9-17)10-11-18/h15,18H,2-12H2,1H3. The van der Waals surface area contributed by atoms with Crippen LogP contribution in [-0.4, -0.2) is 73.2 Å². The highest BCUT2D eigenvalue weighted by atomic mass is 16.3. The Hall–Kier alpha value is -0.650. The van der Waals surface area contributed by atoms with Crippen molar-refractivity contribution in [2.24, 2.45) is 5.41 Å². The fraction of sp³-hybridized carbons (Fsp3) is 0.929. The maximum absolute atomic E-state index is 12.8. The molecule has 2 N–H and O–H groups in total. The predicted molar refractivity (Wildman–Crippen MR) is 74.9 cm³/mol. The van der Waals surface area contributed by atoms with Gasteiger partial charge in [-0.1, -0.05) is 13.3 Å². The Bertz CT molecular complexity index is 295. The number of rotatable bonds is 5. The number of aliphatic hydroxyl groups is 1. The molecular weight excluding hydrogens is 242 g/mol. The summed E-state index contributed by atoms with van der Waals surface area (Å²) in [5.41, 5.74) is -0.145. The van der Waals surface area contributed by atoms with Gasteiger partial charge in [-0.25, -0.2) is 0 Å². The molecule has 2 heterocycles. The van der Waals surface area contributed by atoms with Gasteiger partial charge in [0.1, 0.15) is 0 Å². The van der Waals surface area contributed by atoms with Crippen molar-refractivity contribution in [2.75, 3.05) is 52.4 Å². The molecule has 1 unspecified atom stereocenters. The van der Waals surface area contributed by atoms with Crippen LogP contribution in [0.2, 0.25) is 0 Å². The van der Waals surface area contributed by atoms with E-state index < -0.39 is 0 Å². The smallest absolute Gasteiger partial charge is 0.230 e. The van der Waals surface area contributed by atoms with Crippen molar-refractivity contribution in [3.63, 3.8) is 0 Å². The van der Waals surface area contributed by atoms with Crippen molar-refractivity contribution >= 4 is 5.91 Å². The Labute approximate surface area is 115 Å². The number of amides is 1. The first-order valence-corrected chi connectivity index (χ1v) is 7.55. The van der Waals surface area contributed by atoms with Gasteiger partial charge in [0.15, 0.2) is 0 Å². The molecule has 2 aliphatic heterocycles. The predicted octanol–water partition coefficient (Wildman–Crippen LogP) is -0.0973. The van der Waals surface area contributed by atoms with Crippen LogP contribution in [-0.2, 0) is 4.79 Å². The lowest BCUT2D eigenvalue weighted by Gasteiger charge is -2.39. The normalized spacial score (nSPS) is 28.8. The Morgan fingerprint density at radius 2 is 2.05 bits per heavy atom. The van der Waals surface area contributed by atoms with Gasteiger partial charge in [-0.3, -0.25) is 9.69 Å². The van der Waals surface area contributed by atoms with E-state index in [1.807, 2.05) is 4.90 Å². The minimum Gasteiger partial charge on any atom is -0.395 e. The first kappa shape index (κ1) is 14.8. The van der Waals surface area contributed by atoms with Gasteiger partial charge in [-0.2, -0.15) is 0 Å². The summed E-state index contributed by atoms with van der Waals surface area (Å²) >= 11 is 0. The van der Waals surface area contributed by atoms with Gasteiger partial charge in [-0.05, 0) is 19.4 Å². The number of carbonyl (C=O) groups is 1. The molecule has 5 heteroatoms. The topological polar surface area (TPSA) is 55.8 Å². The zero-order valence-corrected chi connectivity index (χ0v) is 12.0. The number of β-amino-alcohol motifs (C(OH)–C–C–N with tert-alkyl or cyclic N) is 1. The first-order chi connectivity index (χ1) is 9.22. The second kappa shape index (κ2) is 6.68. The van der Waals surface area contributed by atoms with Gasteiger partial charge in [0.2, 0.25) is 5.91 Å². The van der Waals surface area contributed by atoms with E-state index in [4.69, 9.17) is 5.11 Å². The third kappa shape index (κ3) is 3.27. The molecule has 0 saturated carbocycles. The highest BCUT2D eigenvalue weighted by Crippen LogP contribution is 2.33. The maximum Gasteiger partial charge on any atom is 0.230 e. The van der Waals surface area contributed by atoms with Gasteiger partial charge in [0.05, 0.1) is 12.0 Å². The molecule has 0 aromatic rings. The van der Waals surface area contributed by atoms with E-state index in [1.54, 1.807) is 0 Å². The van der Waals surface area contributed by atoms with Gasteiger partial charge in [0.25, 0.3) is 0 Å². The molecule has 2 rings (SSSR count). The molecule has 110 valence electrons. The summed E-state index contributed by atoms with van der Waals surface area (Å²) in [5.74, 6) is 0.350. The summed E-state index contributed by atoms with van der Waals surface area (Å²) in [6.07, 6.45) is 3.05. The van der Waals surface area contributed by atoms with Crippen molar-refractivity contribution < 1.29 is 9.90 Å². The van der Waals surface area contributed by atoms with Gasteiger partial charge in [-0.15, -0.1) is 0 Å². The Balaban J connectivity index is 1.92. The van der Waals surface area contributed by atoms with Crippen LogP contribution in [0, 0.1) is 5.41 Å². The number of piperazine rings is 1. The van der Waals surface area contributed by atoms with E-state index in [-0.39, 0.29) is 12.0 Å². The number of hydrogen-bond donors (Lipinski definition) is 2. The molecule has 2 aliphatic rings. The molecule has 19 heavy (non-hydrogen) atoms. The number of nitrogens with one attached hydrogen (secondary N) is 1. The van der Waals surface area contributed by atoms with Gasteiger partial charge in [0, 0.05) is 39.3 Å². The Kier molecular flexibility index (Phi) is 5.19. The van der Waals surface area contributed by atoms with Crippen LogP contribution in [0.4, 0.5) is 0 Å². The van der Waals surface area contributed by atoms with Crippen molar-refractivity contribution in [2.45, 2.75) is 26.2 Å². The first-order valence-electron chi connectivity index (χ1n) is 7.55. The SMILES string of the molecule is CCCC1(C(=O)N2CCN(CCO)CC2)CCNC1. The molecule has 1 atom stereocenters. The number of aliphatic hydroxyl groups excluding tert-OH is 1. The number of nitrogens with zero attached hydrogens (tertiary/aromatic N) is 2. The maximum atomic E-state index is 12.8.